The predicted octanol–water partition coefficient (Wildman–Crippen LogP) is 6.48. The van der Waals surface area contributed by atoms with Crippen molar-refractivity contribution in [1.29, 1.82) is 0 Å². The number of benzene rings is 1. The van der Waals surface area contributed by atoms with E-state index in [1.807, 2.05) is 36.4 Å². The van der Waals surface area contributed by atoms with E-state index >= 15 is 0 Å². The molecule has 0 fully saturated rings. The van der Waals surface area contributed by atoms with Gasteiger partial charge >= 0.3 is 0 Å². The van der Waals surface area contributed by atoms with Crippen molar-refractivity contribution in [2.45, 2.75) is 33.6 Å². The lowest BCUT2D eigenvalue weighted by Crippen LogP contribution is -1.94. The lowest BCUT2D eigenvalue weighted by Gasteiger charge is -2.05. The molecule has 1 aromatic carbocycles. The number of pyridine rings is 1. The fraction of sp³-hybridized carbons (Fsp3) is 0.250. The minimum atomic E-state index is 0.567. The standard InChI is InChI=1S/C24H26N2O2/c1-18(2)6-4-7-19(3)13-15-27-22-11-9-20(10-12-22)23-17-26-24(28-23)21-8-5-14-25-16-21/h5-6,8-14,16-17H,4,7,15H2,1-3H3. The number of rotatable bonds is 8. The van der Waals surface area contributed by atoms with E-state index in [1.54, 1.807) is 18.6 Å². The van der Waals surface area contributed by atoms with E-state index in [0.717, 1.165) is 35.5 Å². The van der Waals surface area contributed by atoms with Crippen molar-refractivity contribution in [2.75, 3.05) is 6.61 Å². The van der Waals surface area contributed by atoms with Crippen LogP contribution in [0.15, 0.2) is 82.7 Å². The molecule has 4 heteroatoms. The molecule has 0 saturated heterocycles. The van der Waals surface area contributed by atoms with Crippen LogP contribution in [0, 0.1) is 0 Å². The third-order valence-electron chi connectivity index (χ3n) is 4.33. The zero-order valence-corrected chi connectivity index (χ0v) is 16.7. The van der Waals surface area contributed by atoms with Crippen molar-refractivity contribution in [3.05, 3.63) is 78.3 Å². The molecular formula is C24H26N2O2. The molecule has 0 atom stereocenters. The first-order chi connectivity index (χ1) is 13.6. The lowest BCUT2D eigenvalue weighted by atomic mass is 10.1. The summed E-state index contributed by atoms with van der Waals surface area (Å²) in [4.78, 5) is 8.44. The summed E-state index contributed by atoms with van der Waals surface area (Å²) < 4.78 is 11.7. The Balaban J connectivity index is 1.55. The van der Waals surface area contributed by atoms with Crippen molar-refractivity contribution in [2.24, 2.45) is 0 Å². The van der Waals surface area contributed by atoms with Gasteiger partial charge in [0.05, 0.1) is 11.8 Å². The molecule has 0 saturated carbocycles. The monoisotopic (exact) mass is 374 g/mol. The summed E-state index contributed by atoms with van der Waals surface area (Å²) in [5.74, 6) is 2.13. The second kappa shape index (κ2) is 9.70. The highest BCUT2D eigenvalue weighted by Gasteiger charge is 2.08. The lowest BCUT2D eigenvalue weighted by molar-refractivity contribution is 0.361. The minimum Gasteiger partial charge on any atom is -0.490 e. The van der Waals surface area contributed by atoms with Crippen LogP contribution in [-0.2, 0) is 0 Å². The minimum absolute atomic E-state index is 0.567. The second-order valence-corrected chi connectivity index (χ2v) is 6.98. The number of aromatic nitrogens is 2. The average molecular weight is 374 g/mol. The molecule has 3 rings (SSSR count). The topological polar surface area (TPSA) is 48.2 Å². The molecule has 0 aliphatic heterocycles. The molecule has 0 unspecified atom stereocenters. The van der Waals surface area contributed by atoms with Gasteiger partial charge in [0.2, 0.25) is 5.89 Å². The Kier molecular flexibility index (Phi) is 6.79. The number of ether oxygens (including phenoxy) is 1. The first-order valence-corrected chi connectivity index (χ1v) is 9.50. The Labute approximate surface area is 166 Å². The maximum absolute atomic E-state index is 5.86. The van der Waals surface area contributed by atoms with Gasteiger partial charge in [0.1, 0.15) is 12.4 Å². The number of oxazole rings is 1. The van der Waals surface area contributed by atoms with E-state index in [1.165, 1.54) is 11.1 Å². The molecule has 2 heterocycles. The molecule has 0 aliphatic rings. The highest BCUT2D eigenvalue weighted by molar-refractivity contribution is 5.61. The summed E-state index contributed by atoms with van der Waals surface area (Å²) in [5, 5.41) is 0. The second-order valence-electron chi connectivity index (χ2n) is 6.98. The summed E-state index contributed by atoms with van der Waals surface area (Å²) >= 11 is 0. The molecule has 4 nitrogen and oxygen atoms in total. The van der Waals surface area contributed by atoms with Gasteiger partial charge in [-0.1, -0.05) is 17.2 Å². The fourth-order valence-electron chi connectivity index (χ4n) is 2.72. The molecule has 0 radical (unpaired) electrons. The van der Waals surface area contributed by atoms with Crippen LogP contribution in [0.5, 0.6) is 5.75 Å². The van der Waals surface area contributed by atoms with E-state index in [9.17, 15) is 0 Å². The fourth-order valence-corrected chi connectivity index (χ4v) is 2.72. The normalized spacial score (nSPS) is 11.3. The van der Waals surface area contributed by atoms with Gasteiger partial charge in [0.15, 0.2) is 5.76 Å². The van der Waals surface area contributed by atoms with Gasteiger partial charge in [-0.25, -0.2) is 4.98 Å². The Hall–Kier alpha value is -3.14. The first kappa shape index (κ1) is 19.6. The molecule has 0 aliphatic carbocycles. The molecular weight excluding hydrogens is 348 g/mol. The van der Waals surface area contributed by atoms with Crippen LogP contribution >= 0.6 is 0 Å². The largest absolute Gasteiger partial charge is 0.490 e. The van der Waals surface area contributed by atoms with Crippen LogP contribution in [0.2, 0.25) is 0 Å². The summed E-state index contributed by atoms with van der Waals surface area (Å²) in [7, 11) is 0. The van der Waals surface area contributed by atoms with Crippen LogP contribution in [0.1, 0.15) is 33.6 Å². The average Bonchev–Trinajstić information content (AvgIpc) is 3.19. The van der Waals surface area contributed by atoms with Crippen LogP contribution in [0.4, 0.5) is 0 Å². The molecule has 0 bridgehead atoms. The van der Waals surface area contributed by atoms with E-state index in [4.69, 9.17) is 9.15 Å². The number of nitrogens with zero attached hydrogens (tertiary/aromatic N) is 2. The zero-order chi connectivity index (χ0) is 19.8. The Morgan fingerprint density at radius 2 is 1.82 bits per heavy atom. The van der Waals surface area contributed by atoms with Gasteiger partial charge < -0.3 is 9.15 Å². The summed E-state index contributed by atoms with van der Waals surface area (Å²) in [5.41, 5.74) is 4.53. The van der Waals surface area contributed by atoms with Crippen molar-refractivity contribution in [3.63, 3.8) is 0 Å². The zero-order valence-electron chi connectivity index (χ0n) is 16.7. The predicted molar refractivity (Wildman–Crippen MR) is 113 cm³/mol. The molecule has 3 aromatic rings. The third kappa shape index (κ3) is 5.68. The molecule has 144 valence electrons. The van der Waals surface area contributed by atoms with E-state index < -0.39 is 0 Å². The van der Waals surface area contributed by atoms with E-state index in [0.29, 0.717) is 12.5 Å². The highest BCUT2D eigenvalue weighted by Crippen LogP contribution is 2.27. The van der Waals surface area contributed by atoms with Crippen molar-refractivity contribution in [3.8, 4) is 28.5 Å². The van der Waals surface area contributed by atoms with E-state index in [-0.39, 0.29) is 0 Å². The SMILES string of the molecule is CC(C)=CCCC(C)=CCOc1ccc(-c2cnc(-c3cccnc3)o2)cc1. The van der Waals surface area contributed by atoms with Gasteiger partial charge in [-0.15, -0.1) is 0 Å². The van der Waals surface area contributed by atoms with Gasteiger partial charge in [0, 0.05) is 18.0 Å². The van der Waals surface area contributed by atoms with Crippen LogP contribution < -0.4 is 4.74 Å². The Morgan fingerprint density at radius 3 is 2.54 bits per heavy atom. The van der Waals surface area contributed by atoms with Crippen molar-refractivity contribution in [1.82, 2.24) is 9.97 Å². The maximum atomic E-state index is 5.86. The summed E-state index contributed by atoms with van der Waals surface area (Å²) in [6, 6.07) is 11.7. The van der Waals surface area contributed by atoms with Crippen molar-refractivity contribution < 1.29 is 9.15 Å². The van der Waals surface area contributed by atoms with Crippen LogP contribution in [-0.4, -0.2) is 16.6 Å². The molecule has 2 aromatic heterocycles. The Bertz CT molecular complexity index is 934. The molecule has 0 spiro atoms. The van der Waals surface area contributed by atoms with Gasteiger partial charge in [0.25, 0.3) is 0 Å². The number of allylic oxidation sites excluding steroid dienone is 3. The number of hydrogen-bond acceptors (Lipinski definition) is 4. The van der Waals surface area contributed by atoms with Crippen molar-refractivity contribution >= 4 is 0 Å². The molecule has 28 heavy (non-hydrogen) atoms. The third-order valence-corrected chi connectivity index (χ3v) is 4.33. The quantitative estimate of drug-likeness (QED) is 0.424. The molecule has 0 amide bonds. The maximum Gasteiger partial charge on any atom is 0.228 e. The molecule has 0 N–H and O–H groups in total. The van der Waals surface area contributed by atoms with Gasteiger partial charge in [-0.2, -0.15) is 0 Å². The number of hydrogen-bond donors (Lipinski definition) is 0. The summed E-state index contributed by atoms with van der Waals surface area (Å²) in [6.07, 6.45) is 11.8. The van der Waals surface area contributed by atoms with Crippen LogP contribution in [0.3, 0.4) is 0 Å². The first-order valence-electron chi connectivity index (χ1n) is 9.50. The Morgan fingerprint density at radius 1 is 1.00 bits per heavy atom. The highest BCUT2D eigenvalue weighted by atomic mass is 16.5. The summed E-state index contributed by atoms with van der Waals surface area (Å²) in [6.45, 7) is 6.98. The van der Waals surface area contributed by atoms with E-state index in [2.05, 4.69) is 42.9 Å². The van der Waals surface area contributed by atoms with Gasteiger partial charge in [-0.05, 0) is 76.1 Å². The van der Waals surface area contributed by atoms with Gasteiger partial charge in [-0.3, -0.25) is 4.98 Å². The smallest absolute Gasteiger partial charge is 0.228 e. The van der Waals surface area contributed by atoms with Crippen LogP contribution in [0.25, 0.3) is 22.8 Å².